The van der Waals surface area contributed by atoms with Gasteiger partial charge in [0.1, 0.15) is 17.0 Å². The number of aryl methyl sites for hydroxylation is 3. The maximum atomic E-state index is 13.0. The Morgan fingerprint density at radius 1 is 1.03 bits per heavy atom. The summed E-state index contributed by atoms with van der Waals surface area (Å²) in [6.07, 6.45) is 1.58. The number of carbonyl (C=O) groups excluding carboxylic acids is 1. The second-order valence-corrected chi connectivity index (χ2v) is 7.25. The van der Waals surface area contributed by atoms with Gasteiger partial charge in [0.05, 0.1) is 18.2 Å². The predicted molar refractivity (Wildman–Crippen MR) is 108 cm³/mol. The van der Waals surface area contributed by atoms with Gasteiger partial charge in [-0.25, -0.2) is 9.18 Å². The average molecular weight is 393 g/mol. The van der Waals surface area contributed by atoms with E-state index in [2.05, 4.69) is 5.32 Å². The summed E-state index contributed by atoms with van der Waals surface area (Å²) in [5, 5.41) is 4.51. The van der Waals surface area contributed by atoms with Crippen LogP contribution >= 0.6 is 0 Å². The van der Waals surface area contributed by atoms with E-state index in [0.717, 1.165) is 33.0 Å². The molecule has 0 fully saturated rings. The first-order valence-electron chi connectivity index (χ1n) is 9.30. The lowest BCUT2D eigenvalue weighted by Gasteiger charge is -2.10. The number of carbonyl (C=O) groups is 1. The highest BCUT2D eigenvalue weighted by molar-refractivity contribution is 6.00. The molecule has 4 rings (SSSR count). The third-order valence-electron chi connectivity index (χ3n) is 5.28. The third-order valence-corrected chi connectivity index (χ3v) is 5.28. The predicted octanol–water partition coefficient (Wildman–Crippen LogP) is 4.46. The van der Waals surface area contributed by atoms with Gasteiger partial charge in [-0.05, 0) is 55.7 Å². The van der Waals surface area contributed by atoms with Crippen LogP contribution in [0.25, 0.3) is 21.9 Å². The van der Waals surface area contributed by atoms with E-state index >= 15 is 0 Å². The van der Waals surface area contributed by atoms with Crippen molar-refractivity contribution in [2.45, 2.75) is 33.7 Å². The lowest BCUT2D eigenvalue weighted by atomic mass is 9.99. The number of benzene rings is 2. The standard InChI is InChI=1S/C23H20FNO4/c1-12-11-28-21-14(3)22-18(8-17(12)21)13(2)19(23(27)29-22)9-20(26)25-10-15-4-6-16(24)7-5-15/h4-8,11H,9-10H2,1-3H3,(H,25,26). The molecule has 29 heavy (non-hydrogen) atoms. The van der Waals surface area contributed by atoms with Crippen LogP contribution in [0.5, 0.6) is 0 Å². The number of halogens is 1. The van der Waals surface area contributed by atoms with Gasteiger partial charge in [0, 0.05) is 22.9 Å². The number of hydrogen-bond acceptors (Lipinski definition) is 4. The number of rotatable bonds is 4. The second kappa shape index (κ2) is 7.20. The number of furan rings is 1. The average Bonchev–Trinajstić information content (AvgIpc) is 3.07. The van der Waals surface area contributed by atoms with Crippen LogP contribution in [0.2, 0.25) is 0 Å². The van der Waals surface area contributed by atoms with Crippen LogP contribution in [0.15, 0.2) is 50.2 Å². The van der Waals surface area contributed by atoms with Gasteiger partial charge in [-0.3, -0.25) is 4.79 Å². The van der Waals surface area contributed by atoms with E-state index in [0.29, 0.717) is 16.7 Å². The Balaban J connectivity index is 1.65. The third kappa shape index (κ3) is 3.42. The quantitative estimate of drug-likeness (QED) is 0.520. The molecule has 2 aromatic carbocycles. The van der Waals surface area contributed by atoms with Crippen LogP contribution in [-0.2, 0) is 17.8 Å². The highest BCUT2D eigenvalue weighted by Crippen LogP contribution is 2.32. The zero-order valence-electron chi connectivity index (χ0n) is 16.4. The Hall–Kier alpha value is -3.41. The normalized spacial score (nSPS) is 11.3. The van der Waals surface area contributed by atoms with Crippen molar-refractivity contribution in [2.75, 3.05) is 0 Å². The first kappa shape index (κ1) is 18.9. The van der Waals surface area contributed by atoms with E-state index in [1.54, 1.807) is 18.4 Å². The van der Waals surface area contributed by atoms with E-state index in [9.17, 15) is 14.0 Å². The van der Waals surface area contributed by atoms with Crippen LogP contribution in [0.1, 0.15) is 27.8 Å². The minimum atomic E-state index is -0.530. The van der Waals surface area contributed by atoms with E-state index in [1.165, 1.54) is 12.1 Å². The Morgan fingerprint density at radius 3 is 2.48 bits per heavy atom. The fourth-order valence-electron chi connectivity index (χ4n) is 3.55. The summed E-state index contributed by atoms with van der Waals surface area (Å²) in [5.74, 6) is -0.636. The molecule has 2 aromatic heterocycles. The van der Waals surface area contributed by atoms with Crippen LogP contribution in [0.3, 0.4) is 0 Å². The summed E-state index contributed by atoms with van der Waals surface area (Å²) in [6, 6.07) is 7.82. The van der Waals surface area contributed by atoms with Gasteiger partial charge < -0.3 is 14.2 Å². The molecule has 6 heteroatoms. The lowest BCUT2D eigenvalue weighted by molar-refractivity contribution is -0.120. The molecule has 0 spiro atoms. The number of fused-ring (bicyclic) bond motifs is 2. The molecule has 5 nitrogen and oxygen atoms in total. The first-order valence-corrected chi connectivity index (χ1v) is 9.30. The summed E-state index contributed by atoms with van der Waals surface area (Å²) in [4.78, 5) is 25.0. The smallest absolute Gasteiger partial charge is 0.340 e. The number of hydrogen-bond donors (Lipinski definition) is 1. The first-order chi connectivity index (χ1) is 13.8. The Labute approximate surface area is 166 Å². The Kier molecular flexibility index (Phi) is 4.70. The van der Waals surface area contributed by atoms with Gasteiger partial charge in [0.15, 0.2) is 0 Å². The highest BCUT2D eigenvalue weighted by atomic mass is 19.1. The van der Waals surface area contributed by atoms with Gasteiger partial charge >= 0.3 is 5.63 Å². The van der Waals surface area contributed by atoms with E-state index in [1.807, 2.05) is 26.8 Å². The second-order valence-electron chi connectivity index (χ2n) is 7.25. The van der Waals surface area contributed by atoms with Gasteiger partial charge in [-0.1, -0.05) is 12.1 Å². The molecule has 0 radical (unpaired) electrons. The topological polar surface area (TPSA) is 72.5 Å². The van der Waals surface area contributed by atoms with E-state index in [-0.39, 0.29) is 24.7 Å². The number of nitrogens with one attached hydrogen (secondary N) is 1. The minimum absolute atomic E-state index is 0.0905. The summed E-state index contributed by atoms with van der Waals surface area (Å²) in [7, 11) is 0. The summed E-state index contributed by atoms with van der Waals surface area (Å²) >= 11 is 0. The Bertz CT molecular complexity index is 1300. The molecule has 0 saturated heterocycles. The molecule has 1 N–H and O–H groups in total. The summed E-state index contributed by atoms with van der Waals surface area (Å²) < 4.78 is 24.1. The monoisotopic (exact) mass is 393 g/mol. The SMILES string of the molecule is Cc1coc2c(C)c3oc(=O)c(CC(=O)NCc4ccc(F)cc4)c(C)c3cc12. The fourth-order valence-corrected chi connectivity index (χ4v) is 3.55. The van der Waals surface area contributed by atoms with Crippen LogP contribution in [-0.4, -0.2) is 5.91 Å². The largest absolute Gasteiger partial charge is 0.464 e. The van der Waals surface area contributed by atoms with Crippen molar-refractivity contribution in [3.8, 4) is 0 Å². The van der Waals surface area contributed by atoms with Crippen LogP contribution < -0.4 is 10.9 Å². The summed E-state index contributed by atoms with van der Waals surface area (Å²) in [5.41, 5.74) is 4.22. The molecule has 1 amide bonds. The van der Waals surface area contributed by atoms with Crippen LogP contribution in [0, 0.1) is 26.6 Å². The molecular formula is C23H20FNO4. The maximum absolute atomic E-state index is 13.0. The number of amides is 1. The molecule has 0 aliphatic rings. The molecular weight excluding hydrogens is 373 g/mol. The summed E-state index contributed by atoms with van der Waals surface area (Å²) in [6.45, 7) is 5.88. The molecule has 2 heterocycles. The van der Waals surface area contributed by atoms with E-state index < -0.39 is 5.63 Å². The van der Waals surface area contributed by atoms with Gasteiger partial charge in [-0.15, -0.1) is 0 Å². The van der Waals surface area contributed by atoms with Crippen molar-refractivity contribution in [3.05, 3.63) is 80.6 Å². The molecule has 0 aliphatic carbocycles. The zero-order chi connectivity index (χ0) is 20.7. The zero-order valence-corrected chi connectivity index (χ0v) is 16.4. The van der Waals surface area contributed by atoms with Crippen molar-refractivity contribution < 1.29 is 18.0 Å². The molecule has 148 valence electrons. The van der Waals surface area contributed by atoms with E-state index in [4.69, 9.17) is 8.83 Å². The van der Waals surface area contributed by atoms with Gasteiger partial charge in [-0.2, -0.15) is 0 Å². The van der Waals surface area contributed by atoms with Gasteiger partial charge in [0.2, 0.25) is 5.91 Å². The molecule has 4 aromatic rings. The van der Waals surface area contributed by atoms with Gasteiger partial charge in [0.25, 0.3) is 0 Å². The van der Waals surface area contributed by atoms with Crippen molar-refractivity contribution in [2.24, 2.45) is 0 Å². The molecule has 0 unspecified atom stereocenters. The van der Waals surface area contributed by atoms with Crippen LogP contribution in [0.4, 0.5) is 4.39 Å². The molecule has 0 saturated carbocycles. The van der Waals surface area contributed by atoms with Crippen molar-refractivity contribution in [3.63, 3.8) is 0 Å². The highest BCUT2D eigenvalue weighted by Gasteiger charge is 2.19. The Morgan fingerprint density at radius 2 is 1.76 bits per heavy atom. The van der Waals surface area contributed by atoms with Crippen molar-refractivity contribution >= 4 is 27.8 Å². The molecule has 0 aliphatic heterocycles. The molecule has 0 bridgehead atoms. The van der Waals surface area contributed by atoms with Crippen molar-refractivity contribution in [1.29, 1.82) is 0 Å². The van der Waals surface area contributed by atoms with Crippen molar-refractivity contribution in [1.82, 2.24) is 5.32 Å². The maximum Gasteiger partial charge on any atom is 0.340 e. The minimum Gasteiger partial charge on any atom is -0.464 e. The fraction of sp³-hybridized carbons (Fsp3) is 0.217. The molecule has 0 atom stereocenters. The lowest BCUT2D eigenvalue weighted by Crippen LogP contribution is -2.27.